The molecule has 0 atom stereocenters. The lowest BCUT2D eigenvalue weighted by Gasteiger charge is -2.22. The molecule has 1 aliphatic heterocycles. The molecule has 1 aliphatic carbocycles. The minimum Gasteiger partial charge on any atom is -0.437 e. The number of nitrogens with zero attached hydrogens (tertiary/aromatic N) is 3. The summed E-state index contributed by atoms with van der Waals surface area (Å²) >= 11 is 2.04. The van der Waals surface area contributed by atoms with Crippen LogP contribution >= 0.6 is 11.8 Å². The van der Waals surface area contributed by atoms with Gasteiger partial charge in [-0.3, -0.25) is 4.79 Å². The highest BCUT2D eigenvalue weighted by molar-refractivity contribution is 7.99. The Balaban J connectivity index is 1.37. The third kappa shape index (κ3) is 5.68. The van der Waals surface area contributed by atoms with Crippen molar-refractivity contribution in [3.05, 3.63) is 70.9 Å². The molecule has 0 radical (unpaired) electrons. The first-order chi connectivity index (χ1) is 19.5. The Morgan fingerprint density at radius 3 is 2.65 bits per heavy atom. The Kier molecular flexibility index (Phi) is 7.69. The predicted octanol–water partition coefficient (Wildman–Crippen LogP) is 6.82. The minimum absolute atomic E-state index is 0.00372. The molecule has 40 heavy (non-hydrogen) atoms. The summed E-state index contributed by atoms with van der Waals surface area (Å²) in [6, 6.07) is 14.4. The van der Waals surface area contributed by atoms with Gasteiger partial charge in [-0.15, -0.1) is 5.10 Å². The van der Waals surface area contributed by atoms with Gasteiger partial charge in [0.05, 0.1) is 17.6 Å². The number of benzene rings is 2. The zero-order valence-electron chi connectivity index (χ0n) is 23.5. The normalized spacial score (nSPS) is 15.8. The van der Waals surface area contributed by atoms with Crippen LogP contribution in [0.3, 0.4) is 0 Å². The van der Waals surface area contributed by atoms with Crippen molar-refractivity contribution >= 4 is 29.0 Å². The lowest BCUT2D eigenvalue weighted by molar-refractivity contribution is 0.0950. The summed E-state index contributed by atoms with van der Waals surface area (Å²) in [6.45, 7) is 7.14. The van der Waals surface area contributed by atoms with Crippen molar-refractivity contribution in [2.45, 2.75) is 58.9 Å². The number of aryl methyl sites for hydroxylation is 2. The summed E-state index contributed by atoms with van der Waals surface area (Å²) in [5.74, 6) is 4.44. The maximum Gasteiger partial charge on any atom is 0.251 e. The molecule has 0 bridgehead atoms. The van der Waals surface area contributed by atoms with Crippen LogP contribution in [0.15, 0.2) is 48.7 Å². The molecule has 2 fully saturated rings. The average Bonchev–Trinajstić information content (AvgIpc) is 3.67. The molecule has 3 heterocycles. The number of amides is 1. The van der Waals surface area contributed by atoms with E-state index in [1.54, 1.807) is 0 Å². The number of aromatic nitrogens is 3. The third-order valence-corrected chi connectivity index (χ3v) is 9.03. The lowest BCUT2D eigenvalue weighted by atomic mass is 10.0. The van der Waals surface area contributed by atoms with E-state index in [0.717, 1.165) is 59.7 Å². The second-order valence-corrected chi connectivity index (χ2v) is 12.2. The highest BCUT2D eigenvalue weighted by Gasteiger charge is 2.25. The summed E-state index contributed by atoms with van der Waals surface area (Å²) in [7, 11) is 0. The molecule has 0 unspecified atom stereocenters. The third-order valence-electron chi connectivity index (χ3n) is 7.98. The van der Waals surface area contributed by atoms with Crippen molar-refractivity contribution in [1.82, 2.24) is 19.9 Å². The van der Waals surface area contributed by atoms with Crippen molar-refractivity contribution in [3.63, 3.8) is 0 Å². The molecule has 208 valence electrons. The van der Waals surface area contributed by atoms with Crippen molar-refractivity contribution in [2.75, 3.05) is 23.4 Å². The standard InChI is InChI=1S/C32H37N5O2S/c1-4-25-20(2)6-5-7-29(25)39-30-17-27(33-18-22-12-14-40-15-13-22)31-34-19-28(37(31)36-30)23-8-11-26(21(3)16-23)32(38)35-24-9-10-24/h5-8,11,16-17,19,22,24,33H,4,9-10,12-15,18H2,1-3H3,(H,35,38). The number of ether oxygens (including phenoxy) is 1. The van der Waals surface area contributed by atoms with Crippen LogP contribution in [0, 0.1) is 19.8 Å². The molecule has 2 aromatic carbocycles. The SMILES string of the molecule is CCc1c(C)cccc1Oc1cc(NCC2CCSCC2)c2ncc(-c3ccc(C(=O)NC4CC4)c(C)c3)n2n1. The van der Waals surface area contributed by atoms with E-state index in [1.165, 1.54) is 35.5 Å². The number of nitrogens with one attached hydrogen (secondary N) is 2. The number of hydrogen-bond acceptors (Lipinski definition) is 6. The molecule has 1 saturated carbocycles. The van der Waals surface area contributed by atoms with E-state index in [0.29, 0.717) is 23.4 Å². The number of anilines is 1. The van der Waals surface area contributed by atoms with E-state index in [1.807, 2.05) is 65.8 Å². The van der Waals surface area contributed by atoms with Crippen LogP contribution in [0.4, 0.5) is 5.69 Å². The Morgan fingerprint density at radius 1 is 1.07 bits per heavy atom. The monoisotopic (exact) mass is 555 g/mol. The zero-order chi connectivity index (χ0) is 27.6. The van der Waals surface area contributed by atoms with Gasteiger partial charge >= 0.3 is 0 Å². The van der Waals surface area contributed by atoms with E-state index in [2.05, 4.69) is 30.5 Å². The number of hydrogen-bond donors (Lipinski definition) is 2. The van der Waals surface area contributed by atoms with E-state index in [4.69, 9.17) is 14.8 Å². The molecule has 8 heteroatoms. The fourth-order valence-electron chi connectivity index (χ4n) is 5.43. The van der Waals surface area contributed by atoms with Crippen LogP contribution < -0.4 is 15.4 Å². The maximum atomic E-state index is 12.7. The molecule has 2 aromatic heterocycles. The number of rotatable bonds is 9. The van der Waals surface area contributed by atoms with E-state index in [-0.39, 0.29) is 5.91 Å². The van der Waals surface area contributed by atoms with Crippen LogP contribution in [0.1, 0.15) is 59.7 Å². The topological polar surface area (TPSA) is 80.5 Å². The Hall–Kier alpha value is -3.52. The van der Waals surface area contributed by atoms with Gasteiger partial charge in [0.25, 0.3) is 5.91 Å². The van der Waals surface area contributed by atoms with Crippen molar-refractivity contribution in [3.8, 4) is 22.9 Å². The quantitative estimate of drug-likeness (QED) is 0.236. The first-order valence-corrected chi connectivity index (χ1v) is 15.5. The number of carbonyl (C=O) groups is 1. The van der Waals surface area contributed by atoms with E-state index < -0.39 is 0 Å². The van der Waals surface area contributed by atoms with Gasteiger partial charge in [-0.05, 0) is 98.3 Å². The van der Waals surface area contributed by atoms with Crippen LogP contribution in [-0.4, -0.2) is 44.6 Å². The maximum absolute atomic E-state index is 12.7. The molecule has 1 saturated heterocycles. The molecular weight excluding hydrogens is 518 g/mol. The van der Waals surface area contributed by atoms with Gasteiger partial charge in [0, 0.05) is 29.8 Å². The number of imidazole rings is 1. The summed E-state index contributed by atoms with van der Waals surface area (Å²) < 4.78 is 8.31. The minimum atomic E-state index is -0.00372. The summed E-state index contributed by atoms with van der Waals surface area (Å²) in [5.41, 5.74) is 7.52. The summed E-state index contributed by atoms with van der Waals surface area (Å²) in [4.78, 5) is 17.5. The van der Waals surface area contributed by atoms with Gasteiger partial charge in [0.2, 0.25) is 5.88 Å². The second kappa shape index (κ2) is 11.5. The molecule has 0 spiro atoms. The fourth-order valence-corrected chi connectivity index (χ4v) is 6.64. The molecule has 7 nitrogen and oxygen atoms in total. The molecular formula is C32H37N5O2S. The number of thioether (sulfide) groups is 1. The van der Waals surface area contributed by atoms with Gasteiger partial charge in [-0.25, -0.2) is 9.50 Å². The van der Waals surface area contributed by atoms with Crippen LogP contribution in [0.5, 0.6) is 11.6 Å². The first kappa shape index (κ1) is 26.7. The van der Waals surface area contributed by atoms with E-state index in [9.17, 15) is 4.79 Å². The van der Waals surface area contributed by atoms with Crippen LogP contribution in [-0.2, 0) is 6.42 Å². The van der Waals surface area contributed by atoms with E-state index >= 15 is 0 Å². The van der Waals surface area contributed by atoms with Crippen LogP contribution in [0.25, 0.3) is 16.9 Å². The van der Waals surface area contributed by atoms with Crippen molar-refractivity contribution in [2.24, 2.45) is 5.92 Å². The zero-order valence-corrected chi connectivity index (χ0v) is 24.3. The van der Waals surface area contributed by atoms with Gasteiger partial charge in [0.15, 0.2) is 5.65 Å². The fraction of sp³-hybridized carbons (Fsp3) is 0.406. The molecule has 2 aliphatic rings. The Labute approximate surface area is 240 Å². The molecule has 1 amide bonds. The summed E-state index contributed by atoms with van der Waals surface area (Å²) in [6.07, 6.45) is 7.33. The largest absolute Gasteiger partial charge is 0.437 e. The number of carbonyl (C=O) groups excluding carboxylic acids is 1. The van der Waals surface area contributed by atoms with Crippen molar-refractivity contribution < 1.29 is 9.53 Å². The molecule has 6 rings (SSSR count). The van der Waals surface area contributed by atoms with Gasteiger partial charge in [0.1, 0.15) is 5.75 Å². The molecule has 2 N–H and O–H groups in total. The first-order valence-electron chi connectivity index (χ1n) is 14.4. The lowest BCUT2D eigenvalue weighted by Crippen LogP contribution is -2.26. The second-order valence-electron chi connectivity index (χ2n) is 11.0. The Bertz CT molecular complexity index is 1540. The Morgan fingerprint density at radius 2 is 1.90 bits per heavy atom. The smallest absolute Gasteiger partial charge is 0.251 e. The predicted molar refractivity (Wildman–Crippen MR) is 163 cm³/mol. The van der Waals surface area contributed by atoms with Crippen LogP contribution in [0.2, 0.25) is 0 Å². The van der Waals surface area contributed by atoms with Gasteiger partial charge in [-0.2, -0.15) is 11.8 Å². The number of fused-ring (bicyclic) bond motifs is 1. The molecule has 4 aromatic rings. The highest BCUT2D eigenvalue weighted by Crippen LogP contribution is 2.33. The summed E-state index contributed by atoms with van der Waals surface area (Å²) in [5, 5.41) is 11.7. The average molecular weight is 556 g/mol. The van der Waals surface area contributed by atoms with Crippen molar-refractivity contribution in [1.29, 1.82) is 0 Å². The van der Waals surface area contributed by atoms with Gasteiger partial charge in [-0.1, -0.05) is 25.1 Å². The van der Waals surface area contributed by atoms with Gasteiger partial charge < -0.3 is 15.4 Å². The highest BCUT2D eigenvalue weighted by atomic mass is 32.2.